The SMILES string of the molecule is COc1ccc(-c2cccc3cc(C(=O)NC4CC(=O)N(C)C4)ccc23)cc1F. The van der Waals surface area contributed by atoms with Crippen LogP contribution in [0.4, 0.5) is 4.39 Å². The molecule has 0 spiro atoms. The third kappa shape index (κ3) is 3.66. The van der Waals surface area contributed by atoms with E-state index in [1.165, 1.54) is 13.2 Å². The van der Waals surface area contributed by atoms with Gasteiger partial charge in [0.15, 0.2) is 11.6 Å². The van der Waals surface area contributed by atoms with Crippen LogP contribution in [0.3, 0.4) is 0 Å². The first-order valence-corrected chi connectivity index (χ1v) is 9.38. The van der Waals surface area contributed by atoms with E-state index in [-0.39, 0.29) is 23.6 Å². The van der Waals surface area contributed by atoms with Gasteiger partial charge in [-0.1, -0.05) is 30.3 Å². The lowest BCUT2D eigenvalue weighted by molar-refractivity contribution is -0.126. The lowest BCUT2D eigenvalue weighted by Crippen LogP contribution is -2.36. The summed E-state index contributed by atoms with van der Waals surface area (Å²) in [4.78, 5) is 25.9. The summed E-state index contributed by atoms with van der Waals surface area (Å²) in [6, 6.07) is 15.8. The smallest absolute Gasteiger partial charge is 0.251 e. The monoisotopic (exact) mass is 392 g/mol. The van der Waals surface area contributed by atoms with E-state index >= 15 is 0 Å². The first-order valence-electron chi connectivity index (χ1n) is 9.38. The summed E-state index contributed by atoms with van der Waals surface area (Å²) in [6.45, 7) is 0.519. The van der Waals surface area contributed by atoms with Crippen molar-refractivity contribution in [1.82, 2.24) is 10.2 Å². The minimum Gasteiger partial charge on any atom is -0.494 e. The van der Waals surface area contributed by atoms with Crippen LogP contribution in [0.2, 0.25) is 0 Å². The zero-order chi connectivity index (χ0) is 20.5. The fourth-order valence-electron chi connectivity index (χ4n) is 3.74. The predicted octanol–water partition coefficient (Wildman–Crippen LogP) is 3.62. The number of likely N-dealkylation sites (N-methyl/N-ethyl adjacent to an activating group) is 1. The number of carbonyl (C=O) groups is 2. The number of fused-ring (bicyclic) bond motifs is 1. The van der Waals surface area contributed by atoms with Gasteiger partial charge in [-0.25, -0.2) is 4.39 Å². The predicted molar refractivity (Wildman–Crippen MR) is 109 cm³/mol. The number of hydrogen-bond acceptors (Lipinski definition) is 3. The van der Waals surface area contributed by atoms with Crippen LogP contribution >= 0.6 is 0 Å². The Morgan fingerprint density at radius 3 is 2.69 bits per heavy atom. The zero-order valence-corrected chi connectivity index (χ0v) is 16.2. The number of nitrogens with one attached hydrogen (secondary N) is 1. The molecular formula is C23H21FN2O3. The molecule has 148 valence electrons. The van der Waals surface area contributed by atoms with E-state index in [0.29, 0.717) is 18.5 Å². The molecule has 5 nitrogen and oxygen atoms in total. The third-order valence-electron chi connectivity index (χ3n) is 5.28. The Morgan fingerprint density at radius 2 is 2.00 bits per heavy atom. The van der Waals surface area contributed by atoms with Crippen LogP contribution in [0.5, 0.6) is 5.75 Å². The number of halogens is 1. The molecule has 1 N–H and O–H groups in total. The molecule has 1 aliphatic rings. The van der Waals surface area contributed by atoms with E-state index in [4.69, 9.17) is 4.74 Å². The van der Waals surface area contributed by atoms with Gasteiger partial charge in [-0.3, -0.25) is 9.59 Å². The van der Waals surface area contributed by atoms with Crippen molar-refractivity contribution >= 4 is 22.6 Å². The van der Waals surface area contributed by atoms with Crippen molar-refractivity contribution in [3.8, 4) is 16.9 Å². The molecule has 3 aromatic rings. The molecule has 1 atom stereocenters. The van der Waals surface area contributed by atoms with Crippen LogP contribution in [0, 0.1) is 5.82 Å². The van der Waals surface area contributed by atoms with Crippen LogP contribution in [0.25, 0.3) is 21.9 Å². The molecule has 0 aromatic heterocycles. The van der Waals surface area contributed by atoms with E-state index in [9.17, 15) is 14.0 Å². The van der Waals surface area contributed by atoms with E-state index in [2.05, 4.69) is 5.32 Å². The van der Waals surface area contributed by atoms with Crippen LogP contribution in [0.15, 0.2) is 54.6 Å². The largest absolute Gasteiger partial charge is 0.494 e. The molecular weight excluding hydrogens is 371 g/mol. The van der Waals surface area contributed by atoms with Crippen LogP contribution in [0.1, 0.15) is 16.8 Å². The molecule has 1 unspecified atom stereocenters. The van der Waals surface area contributed by atoms with Gasteiger partial charge in [0.25, 0.3) is 5.91 Å². The van der Waals surface area contributed by atoms with Gasteiger partial charge in [-0.2, -0.15) is 0 Å². The molecule has 1 aliphatic heterocycles. The van der Waals surface area contributed by atoms with E-state index in [0.717, 1.165) is 21.9 Å². The van der Waals surface area contributed by atoms with Crippen molar-refractivity contribution in [2.75, 3.05) is 20.7 Å². The first-order chi connectivity index (χ1) is 14.0. The number of benzene rings is 3. The number of carbonyl (C=O) groups excluding carboxylic acids is 2. The zero-order valence-electron chi connectivity index (χ0n) is 16.2. The van der Waals surface area contributed by atoms with E-state index in [1.807, 2.05) is 36.4 Å². The van der Waals surface area contributed by atoms with Crippen LogP contribution in [-0.4, -0.2) is 43.5 Å². The Morgan fingerprint density at radius 1 is 1.17 bits per heavy atom. The van der Waals surface area contributed by atoms with Gasteiger partial charge in [0.2, 0.25) is 5.91 Å². The quantitative estimate of drug-likeness (QED) is 0.738. The number of amides is 2. The number of likely N-dealkylation sites (tertiary alicyclic amines) is 1. The molecule has 0 aliphatic carbocycles. The fraction of sp³-hybridized carbons (Fsp3) is 0.217. The molecule has 0 saturated carbocycles. The average Bonchev–Trinajstić information content (AvgIpc) is 3.03. The van der Waals surface area contributed by atoms with Crippen molar-refractivity contribution in [1.29, 1.82) is 0 Å². The number of nitrogens with zero attached hydrogens (tertiary/aromatic N) is 1. The fourth-order valence-corrected chi connectivity index (χ4v) is 3.74. The molecule has 1 heterocycles. The highest BCUT2D eigenvalue weighted by atomic mass is 19.1. The molecule has 3 aromatic carbocycles. The molecule has 6 heteroatoms. The first kappa shape index (κ1) is 18.9. The molecule has 1 fully saturated rings. The summed E-state index contributed by atoms with van der Waals surface area (Å²) in [5.41, 5.74) is 2.13. The minimum absolute atomic E-state index is 0.0326. The molecule has 0 bridgehead atoms. The van der Waals surface area contributed by atoms with Gasteiger partial charge in [0.1, 0.15) is 0 Å². The van der Waals surface area contributed by atoms with E-state index < -0.39 is 5.82 Å². The Bertz CT molecular complexity index is 1110. The summed E-state index contributed by atoms with van der Waals surface area (Å²) in [5.74, 6) is -0.399. The number of methoxy groups -OCH3 is 1. The summed E-state index contributed by atoms with van der Waals surface area (Å²) in [7, 11) is 3.16. The van der Waals surface area contributed by atoms with Gasteiger partial charge in [-0.05, 0) is 46.2 Å². The second-order valence-corrected chi connectivity index (χ2v) is 7.24. The topological polar surface area (TPSA) is 58.6 Å². The minimum atomic E-state index is -0.422. The number of ether oxygens (including phenoxy) is 1. The molecule has 29 heavy (non-hydrogen) atoms. The maximum absolute atomic E-state index is 14.1. The molecule has 1 saturated heterocycles. The van der Waals surface area contributed by atoms with Gasteiger partial charge < -0.3 is 15.0 Å². The van der Waals surface area contributed by atoms with Gasteiger partial charge in [0.05, 0.1) is 13.2 Å². The van der Waals surface area contributed by atoms with Gasteiger partial charge >= 0.3 is 0 Å². The molecule has 0 radical (unpaired) electrons. The maximum atomic E-state index is 14.1. The van der Waals surface area contributed by atoms with Crippen molar-refractivity contribution in [3.63, 3.8) is 0 Å². The Hall–Kier alpha value is -3.41. The van der Waals surface area contributed by atoms with E-state index in [1.54, 1.807) is 24.1 Å². The summed E-state index contributed by atoms with van der Waals surface area (Å²) >= 11 is 0. The van der Waals surface area contributed by atoms with Gasteiger partial charge in [0, 0.05) is 25.6 Å². The lowest BCUT2D eigenvalue weighted by atomic mass is 9.96. The van der Waals surface area contributed by atoms with Crippen molar-refractivity contribution in [3.05, 3.63) is 66.0 Å². The highest BCUT2D eigenvalue weighted by Crippen LogP contribution is 2.31. The number of rotatable bonds is 4. The second-order valence-electron chi connectivity index (χ2n) is 7.24. The summed E-state index contributed by atoms with van der Waals surface area (Å²) < 4.78 is 19.1. The second kappa shape index (κ2) is 7.54. The highest BCUT2D eigenvalue weighted by Gasteiger charge is 2.28. The standard InChI is InChI=1S/C23H21FN2O3/c1-26-13-17(12-22(26)27)25-23(28)16-6-8-19-14(10-16)4-3-5-18(19)15-7-9-21(29-2)20(24)11-15/h3-11,17H,12-13H2,1-2H3,(H,25,28). The van der Waals surface area contributed by atoms with Crippen molar-refractivity contribution in [2.45, 2.75) is 12.5 Å². The van der Waals surface area contributed by atoms with Crippen LogP contribution < -0.4 is 10.1 Å². The third-order valence-corrected chi connectivity index (χ3v) is 5.28. The van der Waals surface area contributed by atoms with Gasteiger partial charge in [-0.15, -0.1) is 0 Å². The maximum Gasteiger partial charge on any atom is 0.251 e. The molecule has 4 rings (SSSR count). The van der Waals surface area contributed by atoms with Crippen LogP contribution in [-0.2, 0) is 4.79 Å². The lowest BCUT2D eigenvalue weighted by Gasteiger charge is -2.13. The van der Waals surface area contributed by atoms with Crippen molar-refractivity contribution in [2.24, 2.45) is 0 Å². The highest BCUT2D eigenvalue weighted by molar-refractivity contribution is 6.03. The Kier molecular flexibility index (Phi) is 4.92. The Balaban J connectivity index is 1.63. The summed E-state index contributed by atoms with van der Waals surface area (Å²) in [6.07, 6.45) is 0.322. The average molecular weight is 392 g/mol. The Labute approximate surface area is 168 Å². The molecule has 2 amide bonds. The number of hydrogen-bond donors (Lipinski definition) is 1. The normalized spacial score (nSPS) is 16.3. The van der Waals surface area contributed by atoms with Crippen molar-refractivity contribution < 1.29 is 18.7 Å². The summed E-state index contributed by atoms with van der Waals surface area (Å²) in [5, 5.41) is 4.72.